The fourth-order valence-corrected chi connectivity index (χ4v) is 3.37. The predicted octanol–water partition coefficient (Wildman–Crippen LogP) is 2.85. The van der Waals surface area contributed by atoms with Gasteiger partial charge in [0, 0.05) is 35.3 Å². The molecule has 2 fully saturated rings. The number of carbonyl (C=O) groups is 1. The van der Waals surface area contributed by atoms with Crippen molar-refractivity contribution in [3.63, 3.8) is 0 Å². The Kier molecular flexibility index (Phi) is 4.61. The molecule has 20 heavy (non-hydrogen) atoms. The van der Waals surface area contributed by atoms with Crippen LogP contribution in [0.5, 0.6) is 0 Å². The molecule has 1 saturated carbocycles. The van der Waals surface area contributed by atoms with Crippen molar-refractivity contribution in [1.29, 1.82) is 0 Å². The lowest BCUT2D eigenvalue weighted by Crippen LogP contribution is -2.35. The predicted molar refractivity (Wildman–Crippen MR) is 88.8 cm³/mol. The van der Waals surface area contributed by atoms with Crippen LogP contribution >= 0.6 is 22.6 Å². The SMILES string of the molecule is O=C(c1cccc(I)c1)N1CCCN(CC2CC2)CC1. The Morgan fingerprint density at radius 1 is 1.20 bits per heavy atom. The number of hydrogen-bond acceptors (Lipinski definition) is 2. The third-order valence-corrected chi connectivity index (χ3v) is 4.83. The lowest BCUT2D eigenvalue weighted by molar-refractivity contribution is 0.0761. The Morgan fingerprint density at radius 2 is 2.05 bits per heavy atom. The van der Waals surface area contributed by atoms with E-state index in [1.807, 2.05) is 29.2 Å². The van der Waals surface area contributed by atoms with Gasteiger partial charge in [0.05, 0.1) is 0 Å². The number of hydrogen-bond donors (Lipinski definition) is 0. The number of rotatable bonds is 3. The summed E-state index contributed by atoms with van der Waals surface area (Å²) in [5.74, 6) is 1.13. The summed E-state index contributed by atoms with van der Waals surface area (Å²) in [5, 5.41) is 0. The second kappa shape index (κ2) is 6.43. The highest BCUT2D eigenvalue weighted by molar-refractivity contribution is 14.1. The number of benzene rings is 1. The molecule has 0 spiro atoms. The normalized spacial score (nSPS) is 20.8. The summed E-state index contributed by atoms with van der Waals surface area (Å²) in [7, 11) is 0. The third kappa shape index (κ3) is 3.73. The number of carbonyl (C=O) groups excluding carboxylic acids is 1. The highest BCUT2D eigenvalue weighted by atomic mass is 127. The first-order chi connectivity index (χ1) is 9.72. The van der Waals surface area contributed by atoms with Crippen LogP contribution in [-0.2, 0) is 0 Å². The van der Waals surface area contributed by atoms with Crippen molar-refractivity contribution in [2.45, 2.75) is 19.3 Å². The molecule has 1 amide bonds. The van der Waals surface area contributed by atoms with Crippen LogP contribution in [0.1, 0.15) is 29.6 Å². The molecule has 4 heteroatoms. The maximum Gasteiger partial charge on any atom is 0.253 e. The van der Waals surface area contributed by atoms with Gasteiger partial charge >= 0.3 is 0 Å². The summed E-state index contributed by atoms with van der Waals surface area (Å²) in [6.07, 6.45) is 3.91. The second-order valence-corrected chi connectivity index (χ2v) is 7.15. The van der Waals surface area contributed by atoms with Crippen molar-refractivity contribution in [1.82, 2.24) is 9.80 Å². The van der Waals surface area contributed by atoms with E-state index in [-0.39, 0.29) is 5.91 Å². The van der Waals surface area contributed by atoms with Crippen LogP contribution < -0.4 is 0 Å². The van der Waals surface area contributed by atoms with Gasteiger partial charge in [-0.3, -0.25) is 4.79 Å². The van der Waals surface area contributed by atoms with E-state index in [0.717, 1.165) is 47.7 Å². The van der Waals surface area contributed by atoms with Gasteiger partial charge in [-0.15, -0.1) is 0 Å². The van der Waals surface area contributed by atoms with E-state index in [2.05, 4.69) is 27.5 Å². The molecule has 1 heterocycles. The van der Waals surface area contributed by atoms with E-state index in [9.17, 15) is 4.79 Å². The molecule has 0 atom stereocenters. The van der Waals surface area contributed by atoms with Gasteiger partial charge in [0.1, 0.15) is 0 Å². The average Bonchev–Trinajstić information content (AvgIpc) is 3.26. The lowest BCUT2D eigenvalue weighted by Gasteiger charge is -2.22. The smallest absolute Gasteiger partial charge is 0.253 e. The van der Waals surface area contributed by atoms with Crippen molar-refractivity contribution < 1.29 is 4.79 Å². The highest BCUT2D eigenvalue weighted by Crippen LogP contribution is 2.30. The standard InChI is InChI=1S/C16H21IN2O/c17-15-4-1-3-14(11-15)16(20)19-8-2-7-18(9-10-19)12-13-5-6-13/h1,3-4,11,13H,2,5-10,12H2. The molecule has 1 saturated heterocycles. The minimum atomic E-state index is 0.191. The summed E-state index contributed by atoms with van der Waals surface area (Å²) in [6, 6.07) is 7.90. The van der Waals surface area contributed by atoms with Gasteiger partial charge in [0.2, 0.25) is 0 Å². The van der Waals surface area contributed by atoms with Crippen LogP contribution in [0.25, 0.3) is 0 Å². The number of halogens is 1. The summed E-state index contributed by atoms with van der Waals surface area (Å²) in [6.45, 7) is 5.19. The van der Waals surface area contributed by atoms with Crippen LogP contribution in [0.2, 0.25) is 0 Å². The van der Waals surface area contributed by atoms with E-state index in [4.69, 9.17) is 0 Å². The zero-order valence-corrected chi connectivity index (χ0v) is 13.9. The fraction of sp³-hybridized carbons (Fsp3) is 0.562. The van der Waals surface area contributed by atoms with Crippen LogP contribution in [0, 0.1) is 9.49 Å². The van der Waals surface area contributed by atoms with Gasteiger partial charge in [-0.1, -0.05) is 6.07 Å². The Morgan fingerprint density at radius 3 is 2.80 bits per heavy atom. The molecule has 1 aliphatic heterocycles. The van der Waals surface area contributed by atoms with Gasteiger partial charge < -0.3 is 9.80 Å². The summed E-state index contributed by atoms with van der Waals surface area (Å²) >= 11 is 2.26. The van der Waals surface area contributed by atoms with Crippen molar-refractivity contribution in [3.8, 4) is 0 Å². The Hall–Kier alpha value is -0.620. The Labute approximate surface area is 134 Å². The molecular weight excluding hydrogens is 363 g/mol. The second-order valence-electron chi connectivity index (χ2n) is 5.90. The molecule has 1 aromatic rings. The minimum absolute atomic E-state index is 0.191. The molecule has 3 rings (SSSR count). The van der Waals surface area contributed by atoms with Crippen molar-refractivity contribution >= 4 is 28.5 Å². The largest absolute Gasteiger partial charge is 0.337 e. The van der Waals surface area contributed by atoms with Gasteiger partial charge in [-0.25, -0.2) is 0 Å². The summed E-state index contributed by atoms with van der Waals surface area (Å²) < 4.78 is 1.12. The van der Waals surface area contributed by atoms with Gasteiger partial charge in [0.25, 0.3) is 5.91 Å². The van der Waals surface area contributed by atoms with Crippen LogP contribution in [0.4, 0.5) is 0 Å². The molecule has 0 radical (unpaired) electrons. The Bertz CT molecular complexity index is 487. The molecular formula is C16H21IN2O. The van der Waals surface area contributed by atoms with Crippen molar-refractivity contribution in [2.24, 2.45) is 5.92 Å². The van der Waals surface area contributed by atoms with Crippen molar-refractivity contribution in [2.75, 3.05) is 32.7 Å². The molecule has 1 aliphatic carbocycles. The van der Waals surface area contributed by atoms with Crippen LogP contribution in [0.3, 0.4) is 0 Å². The van der Waals surface area contributed by atoms with Crippen LogP contribution in [-0.4, -0.2) is 48.4 Å². The molecule has 3 nitrogen and oxygen atoms in total. The zero-order chi connectivity index (χ0) is 13.9. The van der Waals surface area contributed by atoms with Gasteiger partial charge in [-0.05, 0) is 72.5 Å². The summed E-state index contributed by atoms with van der Waals surface area (Å²) in [5.41, 5.74) is 0.826. The molecule has 108 valence electrons. The average molecular weight is 384 g/mol. The zero-order valence-electron chi connectivity index (χ0n) is 11.7. The maximum atomic E-state index is 12.6. The number of amides is 1. The first-order valence-corrected chi connectivity index (χ1v) is 8.57. The monoisotopic (exact) mass is 384 g/mol. The van der Waals surface area contributed by atoms with E-state index in [0.29, 0.717) is 0 Å². The molecule has 0 unspecified atom stereocenters. The molecule has 0 bridgehead atoms. The summed E-state index contributed by atoms with van der Waals surface area (Å²) in [4.78, 5) is 17.1. The van der Waals surface area contributed by atoms with E-state index in [1.165, 1.54) is 19.4 Å². The molecule has 1 aromatic carbocycles. The van der Waals surface area contributed by atoms with Crippen LogP contribution in [0.15, 0.2) is 24.3 Å². The Balaban J connectivity index is 1.60. The van der Waals surface area contributed by atoms with Crippen molar-refractivity contribution in [3.05, 3.63) is 33.4 Å². The first-order valence-electron chi connectivity index (χ1n) is 7.49. The highest BCUT2D eigenvalue weighted by Gasteiger charge is 2.26. The first kappa shape index (κ1) is 14.3. The maximum absolute atomic E-state index is 12.6. The lowest BCUT2D eigenvalue weighted by atomic mass is 10.2. The minimum Gasteiger partial charge on any atom is -0.337 e. The van der Waals surface area contributed by atoms with E-state index in [1.54, 1.807) is 0 Å². The molecule has 2 aliphatic rings. The number of nitrogens with zero attached hydrogens (tertiary/aromatic N) is 2. The third-order valence-electron chi connectivity index (χ3n) is 4.16. The van der Waals surface area contributed by atoms with E-state index < -0.39 is 0 Å². The van der Waals surface area contributed by atoms with Gasteiger partial charge in [-0.2, -0.15) is 0 Å². The fourth-order valence-electron chi connectivity index (χ4n) is 2.83. The van der Waals surface area contributed by atoms with Gasteiger partial charge in [0.15, 0.2) is 0 Å². The molecule has 0 aromatic heterocycles. The topological polar surface area (TPSA) is 23.6 Å². The molecule has 0 N–H and O–H groups in total. The quantitative estimate of drug-likeness (QED) is 0.749. The van der Waals surface area contributed by atoms with E-state index >= 15 is 0 Å².